The zero-order valence-corrected chi connectivity index (χ0v) is 9.53. The second kappa shape index (κ2) is 5.82. The Morgan fingerprint density at radius 3 is 2.29 bits per heavy atom. The molecule has 0 saturated carbocycles. The van der Waals surface area contributed by atoms with Gasteiger partial charge in [-0.25, -0.2) is 0 Å². The molecule has 78 valence electrons. The van der Waals surface area contributed by atoms with E-state index in [4.69, 9.17) is 0 Å². The highest BCUT2D eigenvalue weighted by Crippen LogP contribution is 2.23. The summed E-state index contributed by atoms with van der Waals surface area (Å²) in [6.45, 7) is 5.57. The van der Waals surface area contributed by atoms with Crippen molar-refractivity contribution in [3.8, 4) is 0 Å². The minimum Gasteiger partial charge on any atom is -0.300 e. The summed E-state index contributed by atoms with van der Waals surface area (Å²) in [7, 11) is 2.20. The van der Waals surface area contributed by atoms with Crippen LogP contribution in [0.2, 0.25) is 0 Å². The Morgan fingerprint density at radius 1 is 1.14 bits per heavy atom. The molecule has 1 aromatic rings. The molecule has 1 aromatic carbocycles. The minimum absolute atomic E-state index is 0.589. The van der Waals surface area contributed by atoms with Crippen LogP contribution >= 0.6 is 0 Å². The van der Waals surface area contributed by atoms with Crippen molar-refractivity contribution in [3.05, 3.63) is 35.9 Å². The number of hydrogen-bond acceptors (Lipinski definition) is 1. The quantitative estimate of drug-likeness (QED) is 0.688. The molecule has 0 spiro atoms. The third-order valence-corrected chi connectivity index (χ3v) is 2.78. The fourth-order valence-electron chi connectivity index (χ4n) is 1.81. The van der Waals surface area contributed by atoms with Crippen LogP contribution in [0, 0.1) is 0 Å². The highest BCUT2D eigenvalue weighted by atomic mass is 15.1. The van der Waals surface area contributed by atoms with E-state index in [1.54, 1.807) is 0 Å². The van der Waals surface area contributed by atoms with E-state index in [-0.39, 0.29) is 0 Å². The first-order chi connectivity index (χ1) is 6.79. The van der Waals surface area contributed by atoms with E-state index in [2.05, 4.69) is 56.1 Å². The second-order valence-electron chi connectivity index (χ2n) is 3.79. The fraction of sp³-hybridized carbons (Fsp3) is 0.538. The van der Waals surface area contributed by atoms with Gasteiger partial charge in [0.25, 0.3) is 0 Å². The molecule has 14 heavy (non-hydrogen) atoms. The van der Waals surface area contributed by atoms with Gasteiger partial charge in [-0.2, -0.15) is 0 Å². The van der Waals surface area contributed by atoms with Crippen LogP contribution in [0.3, 0.4) is 0 Å². The Morgan fingerprint density at radius 2 is 1.79 bits per heavy atom. The van der Waals surface area contributed by atoms with E-state index < -0.39 is 0 Å². The SMILES string of the molecule is CCCC(c1ccccc1)N(C)CC. The van der Waals surface area contributed by atoms with Gasteiger partial charge in [0.15, 0.2) is 0 Å². The summed E-state index contributed by atoms with van der Waals surface area (Å²) >= 11 is 0. The number of benzene rings is 1. The molecular weight excluding hydrogens is 170 g/mol. The van der Waals surface area contributed by atoms with Crippen molar-refractivity contribution >= 4 is 0 Å². The van der Waals surface area contributed by atoms with E-state index in [9.17, 15) is 0 Å². The summed E-state index contributed by atoms with van der Waals surface area (Å²) in [6.07, 6.45) is 2.48. The smallest absolute Gasteiger partial charge is 0.0344 e. The van der Waals surface area contributed by atoms with E-state index in [1.165, 1.54) is 18.4 Å². The van der Waals surface area contributed by atoms with Crippen LogP contribution in [0.25, 0.3) is 0 Å². The molecule has 0 aliphatic rings. The summed E-state index contributed by atoms with van der Waals surface area (Å²) in [4.78, 5) is 2.42. The van der Waals surface area contributed by atoms with Crippen molar-refractivity contribution in [2.24, 2.45) is 0 Å². The van der Waals surface area contributed by atoms with Crippen molar-refractivity contribution < 1.29 is 0 Å². The molecule has 0 radical (unpaired) electrons. The molecule has 1 rings (SSSR count). The maximum Gasteiger partial charge on any atom is 0.0344 e. The van der Waals surface area contributed by atoms with Gasteiger partial charge >= 0.3 is 0 Å². The van der Waals surface area contributed by atoms with E-state index in [0.29, 0.717) is 6.04 Å². The van der Waals surface area contributed by atoms with Crippen LogP contribution in [0.15, 0.2) is 30.3 Å². The van der Waals surface area contributed by atoms with E-state index in [0.717, 1.165) is 6.54 Å². The summed E-state index contributed by atoms with van der Waals surface area (Å²) in [5.74, 6) is 0. The third kappa shape index (κ3) is 2.85. The minimum atomic E-state index is 0.589. The first-order valence-electron chi connectivity index (χ1n) is 5.54. The van der Waals surface area contributed by atoms with Crippen molar-refractivity contribution in [1.82, 2.24) is 4.90 Å². The van der Waals surface area contributed by atoms with Crippen LogP contribution in [-0.4, -0.2) is 18.5 Å². The largest absolute Gasteiger partial charge is 0.300 e. The first kappa shape index (κ1) is 11.3. The van der Waals surface area contributed by atoms with Gasteiger partial charge in [-0.3, -0.25) is 4.90 Å². The molecule has 0 aliphatic heterocycles. The number of hydrogen-bond donors (Lipinski definition) is 0. The zero-order valence-electron chi connectivity index (χ0n) is 9.53. The van der Waals surface area contributed by atoms with Crippen LogP contribution in [0.1, 0.15) is 38.3 Å². The van der Waals surface area contributed by atoms with Crippen LogP contribution in [0.5, 0.6) is 0 Å². The Labute approximate surface area is 87.7 Å². The van der Waals surface area contributed by atoms with Gasteiger partial charge in [-0.1, -0.05) is 50.6 Å². The summed E-state index contributed by atoms with van der Waals surface area (Å²) in [5, 5.41) is 0. The normalized spacial score (nSPS) is 13.1. The number of rotatable bonds is 5. The topological polar surface area (TPSA) is 3.24 Å². The van der Waals surface area contributed by atoms with E-state index in [1.807, 2.05) is 0 Å². The van der Waals surface area contributed by atoms with Crippen molar-refractivity contribution in [3.63, 3.8) is 0 Å². The molecule has 1 heteroatoms. The average molecular weight is 191 g/mol. The third-order valence-electron chi connectivity index (χ3n) is 2.78. The Kier molecular flexibility index (Phi) is 4.68. The molecule has 0 aliphatic carbocycles. The Bertz CT molecular complexity index is 243. The predicted octanol–water partition coefficient (Wildman–Crippen LogP) is 3.48. The summed E-state index contributed by atoms with van der Waals surface area (Å²) < 4.78 is 0. The maximum atomic E-state index is 2.42. The lowest BCUT2D eigenvalue weighted by molar-refractivity contribution is 0.243. The highest BCUT2D eigenvalue weighted by molar-refractivity contribution is 5.18. The van der Waals surface area contributed by atoms with Gasteiger partial charge in [0, 0.05) is 6.04 Å². The summed E-state index contributed by atoms with van der Waals surface area (Å²) in [5.41, 5.74) is 1.44. The maximum absolute atomic E-state index is 2.42. The molecule has 0 aromatic heterocycles. The van der Waals surface area contributed by atoms with Gasteiger partial charge in [-0.05, 0) is 25.6 Å². The fourth-order valence-corrected chi connectivity index (χ4v) is 1.81. The lowest BCUT2D eigenvalue weighted by Gasteiger charge is -2.27. The Balaban J connectivity index is 2.77. The Hall–Kier alpha value is -0.820. The average Bonchev–Trinajstić information content (AvgIpc) is 2.26. The van der Waals surface area contributed by atoms with Gasteiger partial charge in [0.05, 0.1) is 0 Å². The lowest BCUT2D eigenvalue weighted by atomic mass is 10.0. The predicted molar refractivity (Wildman–Crippen MR) is 62.4 cm³/mol. The van der Waals surface area contributed by atoms with Crippen LogP contribution in [0.4, 0.5) is 0 Å². The van der Waals surface area contributed by atoms with Crippen LogP contribution < -0.4 is 0 Å². The van der Waals surface area contributed by atoms with Gasteiger partial charge < -0.3 is 0 Å². The molecule has 0 N–H and O–H groups in total. The molecule has 1 atom stereocenters. The molecule has 0 saturated heterocycles. The zero-order chi connectivity index (χ0) is 10.4. The highest BCUT2D eigenvalue weighted by Gasteiger charge is 2.13. The monoisotopic (exact) mass is 191 g/mol. The van der Waals surface area contributed by atoms with Gasteiger partial charge in [-0.15, -0.1) is 0 Å². The molecule has 0 bridgehead atoms. The van der Waals surface area contributed by atoms with Crippen molar-refractivity contribution in [1.29, 1.82) is 0 Å². The van der Waals surface area contributed by atoms with Crippen molar-refractivity contribution in [2.45, 2.75) is 32.7 Å². The van der Waals surface area contributed by atoms with Crippen LogP contribution in [-0.2, 0) is 0 Å². The molecule has 1 unspecified atom stereocenters. The molecule has 1 nitrogen and oxygen atoms in total. The molecule has 0 fully saturated rings. The molecule has 0 heterocycles. The molecular formula is C13H21N. The van der Waals surface area contributed by atoms with Gasteiger partial charge in [0.2, 0.25) is 0 Å². The first-order valence-corrected chi connectivity index (χ1v) is 5.54. The standard InChI is InChI=1S/C13H21N/c1-4-9-13(14(3)5-2)12-10-7-6-8-11-12/h6-8,10-11,13H,4-5,9H2,1-3H3. The number of nitrogens with zero attached hydrogens (tertiary/aromatic N) is 1. The van der Waals surface area contributed by atoms with Gasteiger partial charge in [0.1, 0.15) is 0 Å². The lowest BCUT2D eigenvalue weighted by Crippen LogP contribution is -2.24. The summed E-state index contributed by atoms with van der Waals surface area (Å²) in [6, 6.07) is 11.4. The molecule has 0 amide bonds. The second-order valence-corrected chi connectivity index (χ2v) is 3.79. The van der Waals surface area contributed by atoms with Crippen molar-refractivity contribution in [2.75, 3.05) is 13.6 Å². The van der Waals surface area contributed by atoms with E-state index >= 15 is 0 Å².